The first-order chi connectivity index (χ1) is 10.0. The fraction of sp³-hybridized carbons (Fsp3) is 0.200. The first-order valence-electron chi connectivity index (χ1n) is 6.47. The number of benzene rings is 1. The molecule has 6 heteroatoms. The summed E-state index contributed by atoms with van der Waals surface area (Å²) in [6.45, 7) is 1.69. The average Bonchev–Trinajstić information content (AvgIpc) is 2.48. The van der Waals surface area contributed by atoms with Crippen molar-refractivity contribution in [2.24, 2.45) is 0 Å². The van der Waals surface area contributed by atoms with Gasteiger partial charge in [-0.2, -0.15) is 0 Å². The topological polar surface area (TPSA) is 68.3 Å². The molecule has 0 aliphatic carbocycles. The molecule has 0 bridgehead atoms. The number of nitrogens with zero attached hydrogens (tertiary/aromatic N) is 1. The summed E-state index contributed by atoms with van der Waals surface area (Å²) >= 11 is 0. The molecule has 1 aliphatic rings. The largest absolute Gasteiger partial charge is 0.477 e. The highest BCUT2D eigenvalue weighted by Gasteiger charge is 2.24. The molecule has 5 nitrogen and oxygen atoms in total. The number of carbonyl (C=O) groups is 1. The number of nitrogens with one attached hydrogen (secondary N) is 1. The minimum absolute atomic E-state index is 0.212. The lowest BCUT2D eigenvalue weighted by atomic mass is 10.1. The fourth-order valence-electron chi connectivity index (χ4n) is 2.09. The SMILES string of the molecule is C[C@H]1Oc2ccc(-c3cccc(S(C)=O)c3)nc2NC1=O. The molecule has 0 saturated carbocycles. The van der Waals surface area contributed by atoms with Crippen LogP contribution in [0.1, 0.15) is 6.92 Å². The van der Waals surface area contributed by atoms with E-state index in [0.717, 1.165) is 10.5 Å². The van der Waals surface area contributed by atoms with Gasteiger partial charge in [0.25, 0.3) is 5.91 Å². The summed E-state index contributed by atoms with van der Waals surface area (Å²) in [5, 5.41) is 2.72. The maximum Gasteiger partial charge on any atom is 0.266 e. The minimum Gasteiger partial charge on any atom is -0.477 e. The molecule has 1 unspecified atom stereocenters. The summed E-state index contributed by atoms with van der Waals surface area (Å²) in [6, 6.07) is 11.0. The molecule has 2 aromatic rings. The number of anilines is 1. The number of amides is 1. The zero-order chi connectivity index (χ0) is 15.0. The maximum absolute atomic E-state index is 11.6. The van der Waals surface area contributed by atoms with Gasteiger partial charge in [-0.05, 0) is 31.2 Å². The first-order valence-corrected chi connectivity index (χ1v) is 8.03. The zero-order valence-corrected chi connectivity index (χ0v) is 12.4. The number of rotatable bonds is 2. The van der Waals surface area contributed by atoms with Gasteiger partial charge in [0.15, 0.2) is 17.7 Å². The highest BCUT2D eigenvalue weighted by atomic mass is 32.2. The van der Waals surface area contributed by atoms with Gasteiger partial charge < -0.3 is 10.1 Å². The van der Waals surface area contributed by atoms with Crippen molar-refractivity contribution < 1.29 is 13.7 Å². The van der Waals surface area contributed by atoms with E-state index in [0.29, 0.717) is 17.3 Å². The Morgan fingerprint density at radius 3 is 2.86 bits per heavy atom. The van der Waals surface area contributed by atoms with Gasteiger partial charge in [0.05, 0.1) is 5.69 Å². The second kappa shape index (κ2) is 5.29. The number of ether oxygens (including phenoxy) is 1. The van der Waals surface area contributed by atoms with Gasteiger partial charge in [-0.1, -0.05) is 12.1 Å². The molecule has 21 heavy (non-hydrogen) atoms. The van der Waals surface area contributed by atoms with Crippen molar-refractivity contribution >= 4 is 22.5 Å². The number of carbonyl (C=O) groups excluding carboxylic acids is 1. The Hall–Kier alpha value is -2.21. The van der Waals surface area contributed by atoms with Crippen molar-refractivity contribution in [2.75, 3.05) is 11.6 Å². The van der Waals surface area contributed by atoms with Crippen LogP contribution in [0.5, 0.6) is 5.75 Å². The second-order valence-corrected chi connectivity index (χ2v) is 6.15. The molecule has 0 spiro atoms. The number of hydrogen-bond acceptors (Lipinski definition) is 4. The normalized spacial score (nSPS) is 18.4. The number of pyridine rings is 1. The second-order valence-electron chi connectivity index (χ2n) is 4.77. The van der Waals surface area contributed by atoms with Crippen LogP contribution in [0.3, 0.4) is 0 Å². The van der Waals surface area contributed by atoms with Crippen LogP contribution >= 0.6 is 0 Å². The van der Waals surface area contributed by atoms with Crippen molar-refractivity contribution in [3.63, 3.8) is 0 Å². The van der Waals surface area contributed by atoms with E-state index < -0.39 is 16.9 Å². The fourth-order valence-corrected chi connectivity index (χ4v) is 2.65. The molecule has 1 aromatic carbocycles. The third-order valence-corrected chi connectivity index (χ3v) is 4.15. The van der Waals surface area contributed by atoms with Gasteiger partial charge >= 0.3 is 0 Å². The molecular weight excluding hydrogens is 288 g/mol. The van der Waals surface area contributed by atoms with Crippen LogP contribution in [0.2, 0.25) is 0 Å². The van der Waals surface area contributed by atoms with E-state index in [1.807, 2.05) is 30.3 Å². The Balaban J connectivity index is 2.01. The Labute approximate surface area is 124 Å². The Morgan fingerprint density at radius 2 is 2.10 bits per heavy atom. The summed E-state index contributed by atoms with van der Waals surface area (Å²) in [6.07, 6.45) is 1.12. The third kappa shape index (κ3) is 2.67. The molecule has 2 atom stereocenters. The molecular formula is C15H14N2O3S. The van der Waals surface area contributed by atoms with Crippen LogP contribution in [-0.2, 0) is 15.6 Å². The van der Waals surface area contributed by atoms with Crippen molar-refractivity contribution in [3.8, 4) is 17.0 Å². The summed E-state index contributed by atoms with van der Waals surface area (Å²) in [4.78, 5) is 16.8. The predicted octanol–water partition coefficient (Wildman–Crippen LogP) is 2.21. The van der Waals surface area contributed by atoms with Crippen molar-refractivity contribution in [3.05, 3.63) is 36.4 Å². The molecule has 1 amide bonds. The molecule has 0 radical (unpaired) electrons. The lowest BCUT2D eigenvalue weighted by Crippen LogP contribution is -2.34. The van der Waals surface area contributed by atoms with Crippen LogP contribution in [0.4, 0.5) is 5.82 Å². The van der Waals surface area contributed by atoms with E-state index >= 15 is 0 Å². The van der Waals surface area contributed by atoms with Gasteiger partial charge in [-0.25, -0.2) is 4.98 Å². The van der Waals surface area contributed by atoms with Crippen LogP contribution in [0, 0.1) is 0 Å². The standard InChI is InChI=1S/C15H14N2O3S/c1-9-15(18)17-14-13(20-9)7-6-12(16-14)10-4-3-5-11(8-10)21(2)19/h3-9H,1-2H3,(H,16,17,18)/t9-,21?/m1/s1. The lowest BCUT2D eigenvalue weighted by molar-refractivity contribution is -0.122. The summed E-state index contributed by atoms with van der Waals surface area (Å²) in [5.41, 5.74) is 1.54. The van der Waals surface area contributed by atoms with Crippen LogP contribution in [0.25, 0.3) is 11.3 Å². The average molecular weight is 302 g/mol. The molecule has 1 aliphatic heterocycles. The summed E-state index contributed by atoms with van der Waals surface area (Å²) < 4.78 is 17.0. The van der Waals surface area contributed by atoms with E-state index in [4.69, 9.17) is 4.74 Å². The number of hydrogen-bond donors (Lipinski definition) is 1. The smallest absolute Gasteiger partial charge is 0.266 e. The molecule has 0 fully saturated rings. The van der Waals surface area contributed by atoms with E-state index in [1.165, 1.54) is 0 Å². The van der Waals surface area contributed by atoms with Crippen LogP contribution < -0.4 is 10.1 Å². The molecule has 2 heterocycles. The molecule has 1 aromatic heterocycles. The molecule has 0 saturated heterocycles. The summed E-state index contributed by atoms with van der Waals surface area (Å²) in [7, 11) is -1.05. The maximum atomic E-state index is 11.6. The number of fused-ring (bicyclic) bond motifs is 1. The first kappa shape index (κ1) is 13.8. The van der Waals surface area contributed by atoms with Gasteiger partial charge in [-0.15, -0.1) is 0 Å². The van der Waals surface area contributed by atoms with Crippen LogP contribution in [-0.4, -0.2) is 27.5 Å². The van der Waals surface area contributed by atoms with Gasteiger partial charge in [0.1, 0.15) is 0 Å². The molecule has 108 valence electrons. The van der Waals surface area contributed by atoms with Crippen molar-refractivity contribution in [2.45, 2.75) is 17.9 Å². The van der Waals surface area contributed by atoms with E-state index in [2.05, 4.69) is 10.3 Å². The Morgan fingerprint density at radius 1 is 1.29 bits per heavy atom. The Bertz CT molecular complexity index is 745. The highest BCUT2D eigenvalue weighted by molar-refractivity contribution is 7.84. The van der Waals surface area contributed by atoms with Gasteiger partial charge in [0.2, 0.25) is 0 Å². The van der Waals surface area contributed by atoms with E-state index in [1.54, 1.807) is 19.2 Å². The van der Waals surface area contributed by atoms with Crippen molar-refractivity contribution in [1.82, 2.24) is 4.98 Å². The predicted molar refractivity (Wildman–Crippen MR) is 80.7 cm³/mol. The van der Waals surface area contributed by atoms with Gasteiger partial charge in [-0.3, -0.25) is 9.00 Å². The van der Waals surface area contributed by atoms with E-state index in [9.17, 15) is 9.00 Å². The molecule has 1 N–H and O–H groups in total. The minimum atomic E-state index is -1.05. The summed E-state index contributed by atoms with van der Waals surface area (Å²) in [5.74, 6) is 0.759. The zero-order valence-electron chi connectivity index (χ0n) is 11.6. The number of aromatic nitrogens is 1. The van der Waals surface area contributed by atoms with Crippen molar-refractivity contribution in [1.29, 1.82) is 0 Å². The lowest BCUT2D eigenvalue weighted by Gasteiger charge is -2.22. The molecule has 3 rings (SSSR count). The van der Waals surface area contributed by atoms with Gasteiger partial charge in [0, 0.05) is 27.5 Å². The Kier molecular flexibility index (Phi) is 3.47. The monoisotopic (exact) mass is 302 g/mol. The van der Waals surface area contributed by atoms with E-state index in [-0.39, 0.29) is 5.91 Å². The third-order valence-electron chi connectivity index (χ3n) is 3.23. The highest BCUT2D eigenvalue weighted by Crippen LogP contribution is 2.31. The quantitative estimate of drug-likeness (QED) is 0.923. The van der Waals surface area contributed by atoms with Crippen LogP contribution in [0.15, 0.2) is 41.3 Å².